The van der Waals surface area contributed by atoms with Crippen molar-refractivity contribution in [2.45, 2.75) is 37.0 Å². The van der Waals surface area contributed by atoms with Crippen LogP contribution >= 0.6 is 0 Å². The van der Waals surface area contributed by atoms with Gasteiger partial charge in [-0.1, -0.05) is 0 Å². The van der Waals surface area contributed by atoms with Crippen LogP contribution in [0.1, 0.15) is 32.6 Å². The predicted molar refractivity (Wildman–Crippen MR) is 65.3 cm³/mol. The second-order valence-corrected chi connectivity index (χ2v) is 14.8. The second-order valence-electron chi connectivity index (χ2n) is 3.54. The first-order valence-corrected chi connectivity index (χ1v) is 12.1. The van der Waals surface area contributed by atoms with Gasteiger partial charge in [0.2, 0.25) is 0 Å². The zero-order valence-electron chi connectivity index (χ0n) is 8.89. The number of hydrogen-bond donors (Lipinski definition) is 0. The molecule has 0 amide bonds. The van der Waals surface area contributed by atoms with Gasteiger partial charge in [-0.05, 0) is 0 Å². The standard InChI is InChI=1S/C6H13.3C2H3.Sn/c1-3-5-6-4-2;3*1-2;/h1,3-6H2,2H3;3*1H,2H2;. The van der Waals surface area contributed by atoms with Gasteiger partial charge in [-0.15, -0.1) is 0 Å². The molecule has 13 heavy (non-hydrogen) atoms. The molecule has 0 bridgehead atoms. The summed E-state index contributed by atoms with van der Waals surface area (Å²) >= 11 is -2.21. The molecule has 0 saturated carbocycles. The summed E-state index contributed by atoms with van der Waals surface area (Å²) in [5.41, 5.74) is 0. The Morgan fingerprint density at radius 3 is 1.85 bits per heavy atom. The Morgan fingerprint density at radius 2 is 1.46 bits per heavy atom. The Hall–Kier alpha value is 0.0187. The average Bonchev–Trinajstić information content (AvgIpc) is 2.20. The van der Waals surface area contributed by atoms with Gasteiger partial charge in [0.15, 0.2) is 0 Å². The van der Waals surface area contributed by atoms with E-state index < -0.39 is 18.4 Å². The molecule has 0 rings (SSSR count). The molecular formula is C12H22Sn. The molecule has 74 valence electrons. The normalized spacial score (nSPS) is 10.8. The van der Waals surface area contributed by atoms with Crippen LogP contribution < -0.4 is 0 Å². The van der Waals surface area contributed by atoms with Gasteiger partial charge in [-0.3, -0.25) is 0 Å². The van der Waals surface area contributed by atoms with Crippen LogP contribution in [0.25, 0.3) is 0 Å². The fourth-order valence-electron chi connectivity index (χ4n) is 1.41. The van der Waals surface area contributed by atoms with Crippen molar-refractivity contribution in [2.24, 2.45) is 0 Å². The van der Waals surface area contributed by atoms with Crippen molar-refractivity contribution in [3.8, 4) is 0 Å². The van der Waals surface area contributed by atoms with Gasteiger partial charge in [0, 0.05) is 0 Å². The third kappa shape index (κ3) is 4.70. The van der Waals surface area contributed by atoms with Crippen molar-refractivity contribution in [3.63, 3.8) is 0 Å². The Morgan fingerprint density at radius 1 is 0.923 bits per heavy atom. The van der Waals surface area contributed by atoms with E-state index in [1.807, 2.05) is 0 Å². The summed E-state index contributed by atoms with van der Waals surface area (Å²) in [6.45, 7) is 14.0. The summed E-state index contributed by atoms with van der Waals surface area (Å²) in [4.78, 5) is 0. The Kier molecular flexibility index (Phi) is 7.44. The zero-order valence-corrected chi connectivity index (χ0v) is 11.7. The van der Waals surface area contributed by atoms with E-state index in [0.29, 0.717) is 0 Å². The van der Waals surface area contributed by atoms with E-state index in [1.54, 1.807) is 0 Å². The molecule has 0 aromatic rings. The second kappa shape index (κ2) is 7.43. The molecule has 0 aliphatic carbocycles. The third-order valence-electron chi connectivity index (χ3n) is 2.60. The topological polar surface area (TPSA) is 0 Å². The molecular weight excluding hydrogens is 263 g/mol. The first kappa shape index (κ1) is 13.0. The SMILES string of the molecule is C=[CH][Sn]([CH]=C)([CH]=C)[CH2]CCCCC. The van der Waals surface area contributed by atoms with Crippen LogP contribution in [0, 0.1) is 0 Å². The van der Waals surface area contributed by atoms with Crippen LogP contribution in [0.5, 0.6) is 0 Å². The maximum atomic E-state index is 3.92. The van der Waals surface area contributed by atoms with Crippen molar-refractivity contribution in [3.05, 3.63) is 32.0 Å². The van der Waals surface area contributed by atoms with Gasteiger partial charge in [0.05, 0.1) is 0 Å². The van der Waals surface area contributed by atoms with Crippen molar-refractivity contribution in [1.29, 1.82) is 0 Å². The Balaban J connectivity index is 3.89. The molecule has 0 aliphatic heterocycles. The van der Waals surface area contributed by atoms with Crippen molar-refractivity contribution in [1.82, 2.24) is 0 Å². The maximum absolute atomic E-state index is 3.92. The van der Waals surface area contributed by atoms with E-state index in [4.69, 9.17) is 0 Å². The Labute approximate surface area is 87.3 Å². The predicted octanol–water partition coefficient (Wildman–Crippen LogP) is 4.19. The molecule has 0 nitrogen and oxygen atoms in total. The van der Waals surface area contributed by atoms with Gasteiger partial charge in [0.1, 0.15) is 0 Å². The molecule has 0 spiro atoms. The van der Waals surface area contributed by atoms with Gasteiger partial charge in [-0.25, -0.2) is 0 Å². The molecule has 0 aliphatic rings. The van der Waals surface area contributed by atoms with Gasteiger partial charge >= 0.3 is 87.4 Å². The van der Waals surface area contributed by atoms with E-state index in [9.17, 15) is 0 Å². The molecule has 0 saturated heterocycles. The molecule has 0 aromatic heterocycles. The number of rotatable bonds is 8. The summed E-state index contributed by atoms with van der Waals surface area (Å²) < 4.78 is 7.77. The van der Waals surface area contributed by atoms with E-state index in [2.05, 4.69) is 38.9 Å². The Bertz CT molecular complexity index is 148. The van der Waals surface area contributed by atoms with Crippen LogP contribution in [-0.2, 0) is 0 Å². The van der Waals surface area contributed by atoms with Gasteiger partial charge in [-0.2, -0.15) is 0 Å². The minimum atomic E-state index is -2.21. The molecule has 1 heteroatoms. The summed E-state index contributed by atoms with van der Waals surface area (Å²) in [6, 6.07) is 0. The number of unbranched alkanes of at least 4 members (excludes halogenated alkanes) is 3. The molecule has 0 heterocycles. The molecule has 0 N–H and O–H groups in total. The molecule has 0 atom stereocenters. The summed E-state index contributed by atoms with van der Waals surface area (Å²) in [7, 11) is 0. The van der Waals surface area contributed by atoms with E-state index >= 15 is 0 Å². The first-order valence-electron chi connectivity index (χ1n) is 5.15. The first-order chi connectivity index (χ1) is 6.24. The molecule has 0 radical (unpaired) electrons. The van der Waals surface area contributed by atoms with E-state index in [1.165, 1.54) is 30.1 Å². The fourth-order valence-corrected chi connectivity index (χ4v) is 7.05. The average molecular weight is 285 g/mol. The van der Waals surface area contributed by atoms with Crippen LogP contribution in [0.4, 0.5) is 0 Å². The van der Waals surface area contributed by atoms with Crippen LogP contribution in [0.15, 0.2) is 32.0 Å². The van der Waals surface area contributed by atoms with Crippen LogP contribution in [0.2, 0.25) is 4.44 Å². The van der Waals surface area contributed by atoms with Gasteiger partial charge in [0.25, 0.3) is 0 Å². The summed E-state index contributed by atoms with van der Waals surface area (Å²) in [5, 5.41) is 0. The fraction of sp³-hybridized carbons (Fsp3) is 0.500. The molecule has 0 fully saturated rings. The zero-order chi connectivity index (χ0) is 10.2. The van der Waals surface area contributed by atoms with Crippen LogP contribution in [0.3, 0.4) is 0 Å². The molecule has 0 aromatic carbocycles. The van der Waals surface area contributed by atoms with Crippen molar-refractivity contribution >= 4 is 18.4 Å². The van der Waals surface area contributed by atoms with Crippen LogP contribution in [-0.4, -0.2) is 18.4 Å². The van der Waals surface area contributed by atoms with Crippen molar-refractivity contribution < 1.29 is 0 Å². The number of hydrogen-bond acceptors (Lipinski definition) is 0. The third-order valence-corrected chi connectivity index (χ3v) is 12.6. The summed E-state index contributed by atoms with van der Waals surface area (Å²) in [5.74, 6) is 0. The molecule has 0 unspecified atom stereocenters. The van der Waals surface area contributed by atoms with E-state index in [-0.39, 0.29) is 0 Å². The van der Waals surface area contributed by atoms with Crippen molar-refractivity contribution in [2.75, 3.05) is 0 Å². The summed E-state index contributed by atoms with van der Waals surface area (Å²) in [6.07, 6.45) is 5.34. The van der Waals surface area contributed by atoms with Gasteiger partial charge < -0.3 is 0 Å². The monoisotopic (exact) mass is 286 g/mol. The quantitative estimate of drug-likeness (QED) is 0.463. The minimum absolute atomic E-state index is 1.30. The van der Waals surface area contributed by atoms with E-state index in [0.717, 1.165) is 0 Å².